The minimum Gasteiger partial charge on any atom is -0.381 e. The highest BCUT2D eigenvalue weighted by molar-refractivity contribution is 7.16. The first kappa shape index (κ1) is 16.5. The van der Waals surface area contributed by atoms with Gasteiger partial charge in [-0.05, 0) is 42.6 Å². The van der Waals surface area contributed by atoms with Gasteiger partial charge in [0.25, 0.3) is 0 Å². The topological polar surface area (TPSA) is 62.1 Å². The van der Waals surface area contributed by atoms with E-state index in [-0.39, 0.29) is 17.2 Å². The lowest BCUT2D eigenvalue weighted by molar-refractivity contribution is -0.119. The number of hydrogen-bond acceptors (Lipinski definition) is 4. The Morgan fingerprint density at radius 2 is 2.17 bits per heavy atom. The largest absolute Gasteiger partial charge is 0.381 e. The molecule has 1 aromatic rings. The summed E-state index contributed by atoms with van der Waals surface area (Å²) in [6.45, 7) is 7.99. The maximum absolute atomic E-state index is 12.3. The van der Waals surface area contributed by atoms with Crippen LogP contribution in [0.1, 0.15) is 49.6 Å². The van der Waals surface area contributed by atoms with Gasteiger partial charge in [0.05, 0.1) is 18.1 Å². The van der Waals surface area contributed by atoms with Gasteiger partial charge in [0, 0.05) is 11.5 Å². The molecule has 1 fully saturated rings. The van der Waals surface area contributed by atoms with E-state index in [4.69, 9.17) is 4.74 Å². The van der Waals surface area contributed by atoms with Crippen LogP contribution in [0, 0.1) is 28.6 Å². The number of thiophene rings is 1. The fraction of sp³-hybridized carbons (Fsp3) is 0.667. The number of amides is 1. The molecule has 1 aliphatic carbocycles. The van der Waals surface area contributed by atoms with E-state index in [9.17, 15) is 10.1 Å². The zero-order valence-corrected chi connectivity index (χ0v) is 14.9. The van der Waals surface area contributed by atoms with E-state index in [0.29, 0.717) is 24.7 Å². The summed E-state index contributed by atoms with van der Waals surface area (Å²) in [5.41, 5.74) is 2.12. The van der Waals surface area contributed by atoms with Crippen molar-refractivity contribution in [1.82, 2.24) is 0 Å². The van der Waals surface area contributed by atoms with Crippen molar-refractivity contribution in [3.05, 3.63) is 16.0 Å². The second-order valence-electron chi connectivity index (χ2n) is 7.68. The van der Waals surface area contributed by atoms with Crippen molar-refractivity contribution >= 4 is 22.2 Å². The molecule has 0 spiro atoms. The summed E-state index contributed by atoms with van der Waals surface area (Å²) < 4.78 is 5.28. The Labute approximate surface area is 141 Å². The summed E-state index contributed by atoms with van der Waals surface area (Å²) in [4.78, 5) is 13.6. The number of ether oxygens (including phenoxy) is 1. The van der Waals surface area contributed by atoms with Crippen LogP contribution in [0.2, 0.25) is 0 Å². The average molecular weight is 332 g/mol. The average Bonchev–Trinajstić information content (AvgIpc) is 3.12. The lowest BCUT2D eigenvalue weighted by Gasteiger charge is -2.33. The Hall–Kier alpha value is -1.38. The number of anilines is 1. The molecule has 2 atom stereocenters. The van der Waals surface area contributed by atoms with Crippen LogP contribution in [0.25, 0.3) is 0 Å². The van der Waals surface area contributed by atoms with Gasteiger partial charge in [0.2, 0.25) is 5.91 Å². The van der Waals surface area contributed by atoms with Crippen molar-refractivity contribution in [2.45, 2.75) is 46.5 Å². The summed E-state index contributed by atoms with van der Waals surface area (Å²) in [6, 6.07) is 2.32. The zero-order valence-electron chi connectivity index (χ0n) is 14.1. The van der Waals surface area contributed by atoms with E-state index in [1.165, 1.54) is 4.88 Å². The van der Waals surface area contributed by atoms with E-state index < -0.39 is 0 Å². The second kappa shape index (κ2) is 6.26. The summed E-state index contributed by atoms with van der Waals surface area (Å²) >= 11 is 1.60. The maximum Gasteiger partial charge on any atom is 0.230 e. The van der Waals surface area contributed by atoms with Crippen LogP contribution in [0.3, 0.4) is 0 Å². The fourth-order valence-electron chi connectivity index (χ4n) is 3.49. The number of carbonyl (C=O) groups is 1. The van der Waals surface area contributed by atoms with Gasteiger partial charge in [-0.1, -0.05) is 20.8 Å². The number of fused-ring (bicyclic) bond motifs is 1. The fourth-order valence-corrected chi connectivity index (χ4v) is 4.77. The van der Waals surface area contributed by atoms with E-state index >= 15 is 0 Å². The minimum absolute atomic E-state index is 0.00929. The number of nitriles is 1. The van der Waals surface area contributed by atoms with Crippen LogP contribution in [0.15, 0.2) is 0 Å². The van der Waals surface area contributed by atoms with Gasteiger partial charge >= 0.3 is 0 Å². The third-order valence-corrected chi connectivity index (χ3v) is 6.31. The number of rotatable bonds is 2. The van der Waals surface area contributed by atoms with Crippen LogP contribution >= 0.6 is 11.3 Å². The highest BCUT2D eigenvalue weighted by Gasteiger charge is 2.33. The molecule has 4 nitrogen and oxygen atoms in total. The van der Waals surface area contributed by atoms with E-state index in [1.54, 1.807) is 11.3 Å². The maximum atomic E-state index is 12.3. The monoisotopic (exact) mass is 332 g/mol. The summed E-state index contributed by atoms with van der Waals surface area (Å²) in [6.07, 6.45) is 3.84. The quantitative estimate of drug-likeness (QED) is 0.897. The van der Waals surface area contributed by atoms with Crippen LogP contribution < -0.4 is 5.32 Å². The molecule has 23 heavy (non-hydrogen) atoms. The molecule has 0 bridgehead atoms. The molecule has 5 heteroatoms. The van der Waals surface area contributed by atoms with Gasteiger partial charge in [-0.2, -0.15) is 5.26 Å². The Bertz CT molecular complexity index is 645. The van der Waals surface area contributed by atoms with Crippen molar-refractivity contribution in [2.75, 3.05) is 18.5 Å². The molecule has 2 aliphatic rings. The van der Waals surface area contributed by atoms with Gasteiger partial charge in [0.15, 0.2) is 0 Å². The number of nitrogens with one attached hydrogen (secondary N) is 1. The number of hydrogen-bond donors (Lipinski definition) is 1. The molecule has 0 aromatic carbocycles. The standard InChI is InChI=1S/C18H24N2O2S/c1-18(2,3)12-4-5-13-14(9-19)17(23-15(13)8-12)20-16(21)11-6-7-22-10-11/h11-12H,4-8,10H2,1-3H3,(H,20,21)/t11-,12+/m0/s1. The first-order valence-corrected chi connectivity index (χ1v) is 9.15. The molecular formula is C18H24N2O2S. The molecule has 124 valence electrons. The molecular weight excluding hydrogens is 308 g/mol. The summed E-state index contributed by atoms with van der Waals surface area (Å²) in [5, 5.41) is 13.3. The van der Waals surface area contributed by atoms with Crippen molar-refractivity contribution in [2.24, 2.45) is 17.3 Å². The zero-order chi connectivity index (χ0) is 16.6. The molecule has 0 unspecified atom stereocenters. The summed E-state index contributed by atoms with van der Waals surface area (Å²) in [7, 11) is 0. The highest BCUT2D eigenvalue weighted by atomic mass is 32.1. The van der Waals surface area contributed by atoms with Crippen LogP contribution in [0.4, 0.5) is 5.00 Å². The highest BCUT2D eigenvalue weighted by Crippen LogP contribution is 2.44. The first-order chi connectivity index (χ1) is 10.9. The molecule has 0 saturated carbocycles. The van der Waals surface area contributed by atoms with Crippen molar-refractivity contribution in [1.29, 1.82) is 5.26 Å². The van der Waals surface area contributed by atoms with Crippen molar-refractivity contribution in [3.8, 4) is 6.07 Å². The van der Waals surface area contributed by atoms with Crippen LogP contribution in [-0.4, -0.2) is 19.1 Å². The van der Waals surface area contributed by atoms with Crippen molar-refractivity contribution in [3.63, 3.8) is 0 Å². The Kier molecular flexibility index (Phi) is 4.48. The van der Waals surface area contributed by atoms with Gasteiger partial charge in [-0.15, -0.1) is 11.3 Å². The third-order valence-electron chi connectivity index (χ3n) is 5.14. The van der Waals surface area contributed by atoms with Gasteiger partial charge in [-0.25, -0.2) is 0 Å². The second-order valence-corrected chi connectivity index (χ2v) is 8.78. The minimum atomic E-state index is -0.0806. The molecule has 0 radical (unpaired) electrons. The van der Waals surface area contributed by atoms with Gasteiger partial charge in [-0.3, -0.25) is 4.79 Å². The normalized spacial score (nSPS) is 24.1. The predicted molar refractivity (Wildman–Crippen MR) is 91.6 cm³/mol. The number of nitrogens with zero attached hydrogens (tertiary/aromatic N) is 1. The Balaban J connectivity index is 1.82. The van der Waals surface area contributed by atoms with Gasteiger partial charge in [0.1, 0.15) is 11.1 Å². The first-order valence-electron chi connectivity index (χ1n) is 8.33. The predicted octanol–water partition coefficient (Wildman–Crippen LogP) is 3.75. The van der Waals surface area contributed by atoms with Gasteiger partial charge < -0.3 is 10.1 Å². The van der Waals surface area contributed by atoms with E-state index in [1.807, 2.05) is 0 Å². The number of carbonyl (C=O) groups excluding carboxylic acids is 1. The van der Waals surface area contributed by atoms with Crippen LogP contribution in [-0.2, 0) is 22.4 Å². The molecule has 3 rings (SSSR count). The molecule has 2 heterocycles. The SMILES string of the molecule is CC(C)(C)[C@@H]1CCc2c(sc(NC(=O)[C@H]3CCOC3)c2C#N)C1. The van der Waals surface area contributed by atoms with Crippen molar-refractivity contribution < 1.29 is 9.53 Å². The molecule has 1 aromatic heterocycles. The molecule has 1 N–H and O–H groups in total. The smallest absolute Gasteiger partial charge is 0.230 e. The Morgan fingerprint density at radius 1 is 1.39 bits per heavy atom. The van der Waals surface area contributed by atoms with Crippen LogP contribution in [0.5, 0.6) is 0 Å². The molecule has 1 saturated heterocycles. The Morgan fingerprint density at radius 3 is 2.78 bits per heavy atom. The van der Waals surface area contributed by atoms with E-state index in [0.717, 1.165) is 36.2 Å². The molecule has 1 amide bonds. The van der Waals surface area contributed by atoms with E-state index in [2.05, 4.69) is 32.2 Å². The lowest BCUT2D eigenvalue weighted by atomic mass is 9.72. The lowest BCUT2D eigenvalue weighted by Crippen LogP contribution is -2.26. The molecule has 1 aliphatic heterocycles. The summed E-state index contributed by atoms with van der Waals surface area (Å²) in [5.74, 6) is 0.542. The third kappa shape index (κ3) is 3.29.